The average molecular weight is 392 g/mol. The largest absolute Gasteiger partial charge is 0.444 e. The van der Waals surface area contributed by atoms with Gasteiger partial charge in [0, 0.05) is 38.8 Å². The number of hydrogen-bond donors (Lipinski definition) is 2. The van der Waals surface area contributed by atoms with E-state index in [2.05, 4.69) is 10.3 Å². The molecule has 1 heterocycles. The lowest BCUT2D eigenvalue weighted by atomic mass is 10.2. The predicted molar refractivity (Wildman–Crippen MR) is 107 cm³/mol. The topological polar surface area (TPSA) is 126 Å². The molecule has 0 saturated carbocycles. The summed E-state index contributed by atoms with van der Waals surface area (Å²) in [6, 6.07) is 6.46. The van der Waals surface area contributed by atoms with Gasteiger partial charge in [0.15, 0.2) is 5.96 Å². The zero-order valence-electron chi connectivity index (χ0n) is 16.6. The van der Waals surface area contributed by atoms with Crippen molar-refractivity contribution in [3.8, 4) is 0 Å². The molecule has 1 aromatic carbocycles. The molecule has 0 atom stereocenters. The van der Waals surface area contributed by atoms with Gasteiger partial charge in [-0.2, -0.15) is 0 Å². The van der Waals surface area contributed by atoms with Crippen molar-refractivity contribution < 1.29 is 14.5 Å². The molecule has 1 saturated heterocycles. The van der Waals surface area contributed by atoms with Crippen molar-refractivity contribution in [2.45, 2.75) is 26.4 Å². The fourth-order valence-corrected chi connectivity index (χ4v) is 2.69. The molecule has 0 aromatic heterocycles. The molecule has 1 aliphatic heterocycles. The third kappa shape index (κ3) is 6.29. The van der Waals surface area contributed by atoms with E-state index in [1.807, 2.05) is 25.7 Å². The molecule has 10 nitrogen and oxygen atoms in total. The number of nitrogens with one attached hydrogen (secondary N) is 1. The third-order valence-electron chi connectivity index (χ3n) is 4.06. The van der Waals surface area contributed by atoms with Crippen LogP contribution in [0, 0.1) is 10.1 Å². The van der Waals surface area contributed by atoms with E-state index in [9.17, 15) is 14.9 Å². The van der Waals surface area contributed by atoms with Crippen molar-refractivity contribution in [3.05, 3.63) is 34.4 Å². The van der Waals surface area contributed by atoms with Crippen LogP contribution in [-0.2, 0) is 4.74 Å². The summed E-state index contributed by atoms with van der Waals surface area (Å²) in [6.45, 7) is 8.49. The Hall–Kier alpha value is -3.04. The van der Waals surface area contributed by atoms with Gasteiger partial charge in [-0.25, -0.2) is 4.79 Å². The molecule has 0 spiro atoms. The lowest BCUT2D eigenvalue weighted by Gasteiger charge is -2.36. The van der Waals surface area contributed by atoms with Crippen LogP contribution in [-0.4, -0.2) is 71.6 Å². The summed E-state index contributed by atoms with van der Waals surface area (Å²) < 4.78 is 5.37. The van der Waals surface area contributed by atoms with Crippen LogP contribution in [0.1, 0.15) is 20.8 Å². The van der Waals surface area contributed by atoms with E-state index in [0.717, 1.165) is 0 Å². The number of nitro benzene ring substituents is 1. The van der Waals surface area contributed by atoms with E-state index in [4.69, 9.17) is 10.5 Å². The third-order valence-corrected chi connectivity index (χ3v) is 4.06. The number of benzene rings is 1. The average Bonchev–Trinajstić information content (AvgIpc) is 2.64. The highest BCUT2D eigenvalue weighted by molar-refractivity contribution is 5.78. The Morgan fingerprint density at radius 1 is 1.25 bits per heavy atom. The number of guanidine groups is 1. The van der Waals surface area contributed by atoms with Crippen molar-refractivity contribution in [2.24, 2.45) is 10.7 Å². The Bertz CT molecular complexity index is 723. The molecule has 154 valence electrons. The molecule has 1 aliphatic rings. The van der Waals surface area contributed by atoms with Crippen molar-refractivity contribution in [2.75, 3.05) is 44.6 Å². The molecule has 0 bridgehead atoms. The number of hydrogen-bond acceptors (Lipinski definition) is 6. The Labute approximate surface area is 164 Å². The van der Waals surface area contributed by atoms with Crippen LogP contribution in [0.25, 0.3) is 0 Å². The van der Waals surface area contributed by atoms with Gasteiger partial charge in [0.2, 0.25) is 0 Å². The van der Waals surface area contributed by atoms with E-state index >= 15 is 0 Å². The lowest BCUT2D eigenvalue weighted by Crippen LogP contribution is -2.53. The fraction of sp³-hybridized carbons (Fsp3) is 0.556. The second kappa shape index (κ2) is 9.25. The van der Waals surface area contributed by atoms with Crippen molar-refractivity contribution in [3.63, 3.8) is 0 Å². The number of amides is 1. The first kappa shape index (κ1) is 21.3. The van der Waals surface area contributed by atoms with Gasteiger partial charge >= 0.3 is 6.09 Å². The van der Waals surface area contributed by atoms with Gasteiger partial charge in [-0.3, -0.25) is 15.1 Å². The molecule has 1 fully saturated rings. The molecular formula is C18H28N6O4. The minimum atomic E-state index is -0.518. The van der Waals surface area contributed by atoms with Gasteiger partial charge in [0.25, 0.3) is 5.69 Å². The van der Waals surface area contributed by atoms with Crippen LogP contribution in [0.3, 0.4) is 0 Å². The number of aliphatic imine (C=N–C) groups is 1. The Morgan fingerprint density at radius 3 is 2.46 bits per heavy atom. The van der Waals surface area contributed by atoms with Crippen molar-refractivity contribution >= 4 is 23.4 Å². The number of rotatable bonds is 5. The highest BCUT2D eigenvalue weighted by Gasteiger charge is 2.26. The smallest absolute Gasteiger partial charge is 0.410 e. The standard InChI is InChI=1S/C18H28N6O4/c1-18(2,3)28-17(25)23-12-10-22(11-13-23)16(19)21-9-8-20-14-6-4-5-7-15(14)24(26)27/h4-7,20H,8-13H2,1-3H3,(H2,19,21). The second-order valence-electron chi connectivity index (χ2n) is 7.40. The molecule has 0 aliphatic carbocycles. The Kier molecular flexibility index (Phi) is 7.02. The molecule has 10 heteroatoms. The molecule has 28 heavy (non-hydrogen) atoms. The first-order valence-electron chi connectivity index (χ1n) is 9.17. The van der Waals surface area contributed by atoms with Crippen molar-refractivity contribution in [1.29, 1.82) is 0 Å². The van der Waals surface area contributed by atoms with Gasteiger partial charge in [0.1, 0.15) is 11.3 Å². The number of nitrogens with zero attached hydrogens (tertiary/aromatic N) is 4. The summed E-state index contributed by atoms with van der Waals surface area (Å²) in [7, 11) is 0. The summed E-state index contributed by atoms with van der Waals surface area (Å²) in [6.07, 6.45) is -0.323. The van der Waals surface area contributed by atoms with E-state index in [1.54, 1.807) is 23.1 Å². The number of anilines is 1. The zero-order valence-corrected chi connectivity index (χ0v) is 16.6. The molecular weight excluding hydrogens is 364 g/mol. The monoisotopic (exact) mass is 392 g/mol. The number of nitro groups is 1. The maximum atomic E-state index is 12.1. The van der Waals surface area contributed by atoms with E-state index in [-0.39, 0.29) is 11.8 Å². The number of carbonyl (C=O) groups excluding carboxylic acids is 1. The van der Waals surface area contributed by atoms with Crippen LogP contribution < -0.4 is 11.1 Å². The molecule has 1 amide bonds. The van der Waals surface area contributed by atoms with Gasteiger partial charge in [-0.15, -0.1) is 0 Å². The second-order valence-corrected chi connectivity index (χ2v) is 7.40. The summed E-state index contributed by atoms with van der Waals surface area (Å²) in [5.41, 5.74) is 5.99. The number of para-hydroxylation sites is 2. The Morgan fingerprint density at radius 2 is 1.86 bits per heavy atom. The quantitative estimate of drug-likeness (QED) is 0.257. The van der Waals surface area contributed by atoms with Gasteiger partial charge < -0.3 is 25.6 Å². The number of carbonyl (C=O) groups is 1. The number of piperazine rings is 1. The van der Waals surface area contributed by atoms with Gasteiger partial charge in [-0.1, -0.05) is 12.1 Å². The SMILES string of the molecule is CC(C)(C)OC(=O)N1CCN(C(N)=NCCNc2ccccc2[N+](=O)[O-])CC1. The number of ether oxygens (including phenoxy) is 1. The maximum Gasteiger partial charge on any atom is 0.410 e. The van der Waals surface area contributed by atoms with Gasteiger partial charge in [0.05, 0.1) is 11.5 Å². The van der Waals surface area contributed by atoms with E-state index < -0.39 is 10.5 Å². The first-order valence-corrected chi connectivity index (χ1v) is 9.17. The van der Waals surface area contributed by atoms with E-state index in [1.165, 1.54) is 6.07 Å². The molecule has 1 aromatic rings. The minimum absolute atomic E-state index is 0.0257. The summed E-state index contributed by atoms with van der Waals surface area (Å²) in [4.78, 5) is 30.5. The predicted octanol–water partition coefficient (Wildman–Crippen LogP) is 1.87. The highest BCUT2D eigenvalue weighted by atomic mass is 16.6. The van der Waals surface area contributed by atoms with E-state index in [0.29, 0.717) is 50.9 Å². The zero-order chi connectivity index (χ0) is 20.7. The summed E-state index contributed by atoms with van der Waals surface area (Å²) in [5, 5.41) is 14.0. The van der Waals surface area contributed by atoms with Crippen LogP contribution in [0.2, 0.25) is 0 Å². The number of nitrogens with two attached hydrogens (primary N) is 1. The molecule has 3 N–H and O–H groups in total. The summed E-state index contributed by atoms with van der Waals surface area (Å²) >= 11 is 0. The van der Waals surface area contributed by atoms with Crippen LogP contribution in [0.4, 0.5) is 16.2 Å². The molecule has 0 unspecified atom stereocenters. The van der Waals surface area contributed by atoms with Crippen LogP contribution in [0.15, 0.2) is 29.3 Å². The van der Waals surface area contributed by atoms with Crippen molar-refractivity contribution in [1.82, 2.24) is 9.80 Å². The Balaban J connectivity index is 1.78. The van der Waals surface area contributed by atoms with Crippen LogP contribution >= 0.6 is 0 Å². The fourth-order valence-electron chi connectivity index (χ4n) is 2.69. The maximum absolute atomic E-state index is 12.1. The lowest BCUT2D eigenvalue weighted by molar-refractivity contribution is -0.384. The highest BCUT2D eigenvalue weighted by Crippen LogP contribution is 2.22. The van der Waals surface area contributed by atoms with Gasteiger partial charge in [-0.05, 0) is 26.8 Å². The normalized spacial score (nSPS) is 15.3. The molecule has 2 rings (SSSR count). The van der Waals surface area contributed by atoms with Crippen LogP contribution in [0.5, 0.6) is 0 Å². The minimum Gasteiger partial charge on any atom is -0.444 e. The first-order chi connectivity index (χ1) is 13.2. The summed E-state index contributed by atoms with van der Waals surface area (Å²) in [5.74, 6) is 0.396. The molecule has 0 radical (unpaired) electrons.